The van der Waals surface area contributed by atoms with Crippen LogP contribution in [0, 0.1) is 5.92 Å². The summed E-state index contributed by atoms with van der Waals surface area (Å²) < 4.78 is 0. The number of aliphatic hydroxyl groups excluding tert-OH is 1. The van der Waals surface area contributed by atoms with E-state index in [0.717, 1.165) is 50.3 Å². The van der Waals surface area contributed by atoms with Gasteiger partial charge in [-0.05, 0) is 55.8 Å². The van der Waals surface area contributed by atoms with Crippen molar-refractivity contribution in [2.24, 2.45) is 5.92 Å². The molecule has 1 saturated heterocycles. The van der Waals surface area contributed by atoms with Crippen LogP contribution in [0.1, 0.15) is 24.8 Å². The van der Waals surface area contributed by atoms with Crippen molar-refractivity contribution in [1.29, 1.82) is 0 Å². The summed E-state index contributed by atoms with van der Waals surface area (Å²) in [5.41, 5.74) is 6.93. The van der Waals surface area contributed by atoms with Crippen LogP contribution in [0.5, 0.6) is 0 Å². The Kier molecular flexibility index (Phi) is 6.71. The number of benzene rings is 1. The van der Waals surface area contributed by atoms with Gasteiger partial charge < -0.3 is 21.1 Å². The lowest BCUT2D eigenvalue weighted by Crippen LogP contribution is -2.50. The van der Waals surface area contributed by atoms with Gasteiger partial charge in [-0.1, -0.05) is 23.7 Å². The molecule has 1 aliphatic rings. The van der Waals surface area contributed by atoms with Gasteiger partial charge in [0, 0.05) is 30.8 Å². The Morgan fingerprint density at radius 1 is 1.35 bits per heavy atom. The van der Waals surface area contributed by atoms with E-state index in [9.17, 15) is 5.11 Å². The van der Waals surface area contributed by atoms with Crippen molar-refractivity contribution in [3.8, 4) is 0 Å². The first-order valence-electron chi connectivity index (χ1n) is 9.17. The lowest BCUT2D eigenvalue weighted by Gasteiger charge is -2.38. The minimum Gasteiger partial charge on any atom is -0.396 e. The number of hydrogen-bond acceptors (Lipinski definition) is 6. The van der Waals surface area contributed by atoms with Crippen LogP contribution in [0.25, 0.3) is 0 Å². The number of nitrogens with two attached hydrogens (primary N) is 1. The van der Waals surface area contributed by atoms with Crippen molar-refractivity contribution in [3.63, 3.8) is 0 Å². The summed E-state index contributed by atoms with van der Waals surface area (Å²) in [4.78, 5) is 6.41. The molecule has 1 aromatic heterocycles. The molecule has 0 bridgehead atoms. The molecule has 0 amide bonds. The molecule has 0 spiro atoms. The smallest absolute Gasteiger partial charge is 0.246 e. The molecule has 2 heterocycles. The van der Waals surface area contributed by atoms with Gasteiger partial charge in [-0.2, -0.15) is 4.98 Å². The Balaban J connectivity index is 1.54. The predicted molar refractivity (Wildman–Crippen MR) is 104 cm³/mol. The molecular weight excluding hydrogens is 352 g/mol. The van der Waals surface area contributed by atoms with Crippen LogP contribution in [-0.2, 0) is 6.42 Å². The van der Waals surface area contributed by atoms with Crippen molar-refractivity contribution in [1.82, 2.24) is 20.5 Å². The number of H-pyrrole nitrogens is 1. The molecule has 1 fully saturated rings. The zero-order chi connectivity index (χ0) is 18.4. The number of aromatic nitrogens is 3. The van der Waals surface area contributed by atoms with Crippen LogP contribution in [0.4, 0.5) is 11.9 Å². The van der Waals surface area contributed by atoms with Crippen LogP contribution < -0.4 is 16.0 Å². The fraction of sp³-hybridized carbons (Fsp3) is 0.556. The van der Waals surface area contributed by atoms with Gasteiger partial charge in [0.05, 0.1) is 0 Å². The average Bonchev–Trinajstić information content (AvgIpc) is 3.08. The molecule has 1 aliphatic heterocycles. The second kappa shape index (κ2) is 9.21. The summed E-state index contributed by atoms with van der Waals surface area (Å²) in [6.07, 6.45) is 3.78. The van der Waals surface area contributed by atoms with Crippen LogP contribution in [0.15, 0.2) is 24.3 Å². The maximum absolute atomic E-state index is 9.23. The van der Waals surface area contributed by atoms with Crippen LogP contribution in [0.2, 0.25) is 5.02 Å². The topological polar surface area (TPSA) is 103 Å². The Hall–Kier alpha value is -1.83. The van der Waals surface area contributed by atoms with E-state index in [4.69, 9.17) is 17.3 Å². The molecule has 0 aliphatic carbocycles. The molecule has 0 saturated carbocycles. The summed E-state index contributed by atoms with van der Waals surface area (Å²) in [7, 11) is 0. The lowest BCUT2D eigenvalue weighted by atomic mass is 9.88. The second-order valence-electron chi connectivity index (χ2n) is 6.82. The van der Waals surface area contributed by atoms with Crippen molar-refractivity contribution >= 4 is 23.5 Å². The highest BCUT2D eigenvalue weighted by molar-refractivity contribution is 6.30. The van der Waals surface area contributed by atoms with Gasteiger partial charge in [0.2, 0.25) is 11.9 Å². The van der Waals surface area contributed by atoms with Gasteiger partial charge in [-0.3, -0.25) is 0 Å². The Morgan fingerprint density at radius 2 is 2.15 bits per heavy atom. The minimum atomic E-state index is 0.224. The third kappa shape index (κ3) is 5.09. The monoisotopic (exact) mass is 378 g/mol. The average molecular weight is 379 g/mol. The Morgan fingerprint density at radius 3 is 2.85 bits per heavy atom. The summed E-state index contributed by atoms with van der Waals surface area (Å²) >= 11 is 5.94. The van der Waals surface area contributed by atoms with Crippen LogP contribution >= 0.6 is 11.6 Å². The van der Waals surface area contributed by atoms with Gasteiger partial charge >= 0.3 is 0 Å². The lowest BCUT2D eigenvalue weighted by molar-refractivity contribution is 0.238. The predicted octanol–water partition coefficient (Wildman–Crippen LogP) is 1.84. The zero-order valence-electron chi connectivity index (χ0n) is 14.9. The molecular formula is C18H27ClN6O. The molecule has 7 nitrogen and oxygen atoms in total. The maximum atomic E-state index is 9.23. The van der Waals surface area contributed by atoms with E-state index < -0.39 is 0 Å². The highest BCUT2D eigenvalue weighted by atomic mass is 35.5. The number of aromatic amines is 1. The van der Waals surface area contributed by atoms with Crippen molar-refractivity contribution in [2.45, 2.75) is 31.7 Å². The molecule has 1 aromatic carbocycles. The van der Waals surface area contributed by atoms with E-state index in [0.29, 0.717) is 23.9 Å². The maximum Gasteiger partial charge on any atom is 0.246 e. The summed E-state index contributed by atoms with van der Waals surface area (Å²) in [6, 6.07) is 8.44. The zero-order valence-corrected chi connectivity index (χ0v) is 15.6. The standard InChI is InChI=1S/C18H27ClN6O/c19-15-5-3-13(4-6-15)7-9-21-16-8-10-25(12-14(16)2-1-11-26)18-22-17(20)23-24-18/h3-6,14,16,21,26H,1-2,7-12H2,(H3,20,22,23,24). The second-order valence-corrected chi connectivity index (χ2v) is 7.25. The number of halogens is 1. The first-order chi connectivity index (χ1) is 12.7. The van der Waals surface area contributed by atoms with E-state index in [-0.39, 0.29) is 6.61 Å². The molecule has 8 heteroatoms. The SMILES string of the molecule is Nc1nc(N2CCC(NCCc3ccc(Cl)cc3)C(CCCO)C2)n[nH]1. The fourth-order valence-electron chi connectivity index (χ4n) is 3.59. The minimum absolute atomic E-state index is 0.224. The largest absolute Gasteiger partial charge is 0.396 e. The number of aliphatic hydroxyl groups is 1. The van der Waals surface area contributed by atoms with E-state index in [1.165, 1.54) is 5.56 Å². The van der Waals surface area contributed by atoms with Gasteiger partial charge in [0.15, 0.2) is 0 Å². The van der Waals surface area contributed by atoms with Gasteiger partial charge in [0.25, 0.3) is 0 Å². The molecule has 26 heavy (non-hydrogen) atoms. The van der Waals surface area contributed by atoms with Crippen molar-refractivity contribution < 1.29 is 5.11 Å². The number of nitrogen functional groups attached to an aromatic ring is 1. The summed E-state index contributed by atoms with van der Waals surface area (Å²) in [5, 5.41) is 20.6. The fourth-order valence-corrected chi connectivity index (χ4v) is 3.71. The van der Waals surface area contributed by atoms with Crippen LogP contribution in [0.3, 0.4) is 0 Å². The van der Waals surface area contributed by atoms with E-state index >= 15 is 0 Å². The Labute approximate surface area is 158 Å². The van der Waals surface area contributed by atoms with E-state index in [1.807, 2.05) is 12.1 Å². The van der Waals surface area contributed by atoms with Gasteiger partial charge in [-0.15, -0.1) is 5.10 Å². The Bertz CT molecular complexity index is 677. The highest BCUT2D eigenvalue weighted by Crippen LogP contribution is 2.24. The third-order valence-electron chi connectivity index (χ3n) is 4.97. The number of piperidine rings is 1. The highest BCUT2D eigenvalue weighted by Gasteiger charge is 2.30. The van der Waals surface area contributed by atoms with Crippen molar-refractivity contribution in [2.75, 3.05) is 36.9 Å². The molecule has 5 N–H and O–H groups in total. The number of hydrogen-bond donors (Lipinski definition) is 4. The summed E-state index contributed by atoms with van der Waals surface area (Å²) in [6.45, 7) is 2.92. The quantitative estimate of drug-likeness (QED) is 0.559. The van der Waals surface area contributed by atoms with Gasteiger partial charge in [-0.25, -0.2) is 5.10 Å². The number of anilines is 2. The molecule has 142 valence electrons. The molecule has 2 unspecified atom stereocenters. The van der Waals surface area contributed by atoms with Crippen molar-refractivity contribution in [3.05, 3.63) is 34.9 Å². The normalized spacial score (nSPS) is 20.5. The molecule has 3 rings (SSSR count). The van der Waals surface area contributed by atoms with E-state index in [1.54, 1.807) is 0 Å². The molecule has 2 aromatic rings. The third-order valence-corrected chi connectivity index (χ3v) is 5.23. The number of rotatable bonds is 8. The molecule has 0 radical (unpaired) electrons. The first kappa shape index (κ1) is 18.9. The van der Waals surface area contributed by atoms with Gasteiger partial charge in [0.1, 0.15) is 0 Å². The summed E-state index contributed by atoms with van der Waals surface area (Å²) in [5.74, 6) is 1.45. The number of nitrogens with one attached hydrogen (secondary N) is 2. The van der Waals surface area contributed by atoms with E-state index in [2.05, 4.69) is 37.5 Å². The number of nitrogens with zero attached hydrogens (tertiary/aromatic N) is 3. The van der Waals surface area contributed by atoms with Crippen LogP contribution in [-0.4, -0.2) is 52.6 Å². The first-order valence-corrected chi connectivity index (χ1v) is 9.55. The molecule has 2 atom stereocenters.